The number of hydrogen-bond acceptors (Lipinski definition) is 6. The number of methoxy groups -OCH3 is 4. The molecule has 2 aromatic carbocycles. The number of ether oxygens (including phenoxy) is 4. The van der Waals surface area contributed by atoms with Crippen LogP contribution in [0, 0.1) is 0 Å². The van der Waals surface area contributed by atoms with Crippen molar-refractivity contribution in [2.45, 2.75) is 6.42 Å². The van der Waals surface area contributed by atoms with E-state index in [0.717, 1.165) is 11.1 Å². The van der Waals surface area contributed by atoms with Crippen molar-refractivity contribution in [2.24, 2.45) is 0 Å². The zero-order chi connectivity index (χ0) is 18.8. The predicted molar refractivity (Wildman–Crippen MR) is 96.8 cm³/mol. The number of phenolic OH excluding ortho intramolecular Hbond substituents is 1. The van der Waals surface area contributed by atoms with Crippen molar-refractivity contribution in [3.63, 3.8) is 0 Å². The summed E-state index contributed by atoms with van der Waals surface area (Å²) in [4.78, 5) is 12.6. The molecule has 6 heteroatoms. The summed E-state index contributed by atoms with van der Waals surface area (Å²) in [6.07, 6.45) is 1.99. The third kappa shape index (κ3) is 2.83. The van der Waals surface area contributed by atoms with Crippen molar-refractivity contribution in [3.8, 4) is 28.7 Å². The highest BCUT2D eigenvalue weighted by Gasteiger charge is 2.27. The van der Waals surface area contributed by atoms with Crippen molar-refractivity contribution in [1.82, 2.24) is 0 Å². The van der Waals surface area contributed by atoms with Gasteiger partial charge < -0.3 is 24.1 Å². The van der Waals surface area contributed by atoms with E-state index < -0.39 is 0 Å². The molecule has 0 saturated carbocycles. The number of phenols is 1. The van der Waals surface area contributed by atoms with E-state index in [1.165, 1.54) is 20.3 Å². The first-order valence-electron chi connectivity index (χ1n) is 7.98. The molecule has 136 valence electrons. The summed E-state index contributed by atoms with van der Waals surface area (Å²) in [7, 11) is 6.04. The van der Waals surface area contributed by atoms with E-state index >= 15 is 0 Å². The first-order chi connectivity index (χ1) is 12.5. The maximum absolute atomic E-state index is 12.6. The predicted octanol–water partition coefficient (Wildman–Crippen LogP) is 3.25. The molecule has 0 aliphatic heterocycles. The van der Waals surface area contributed by atoms with Crippen molar-refractivity contribution in [1.29, 1.82) is 0 Å². The Bertz CT molecular complexity index is 898. The molecule has 26 heavy (non-hydrogen) atoms. The number of carbonyl (C=O) groups is 1. The van der Waals surface area contributed by atoms with E-state index in [4.69, 9.17) is 18.9 Å². The maximum Gasteiger partial charge on any atom is 0.203 e. The summed E-state index contributed by atoms with van der Waals surface area (Å²) in [5, 5.41) is 10.4. The fourth-order valence-electron chi connectivity index (χ4n) is 3.15. The highest BCUT2D eigenvalue weighted by atomic mass is 16.5. The SMILES string of the molecule is COc1ccc(C2=CC(=O)c3c(cc(OC)c(OC)c3O)C2)cc1OC. The monoisotopic (exact) mass is 356 g/mol. The molecule has 1 aliphatic carbocycles. The van der Waals surface area contributed by atoms with Gasteiger partial charge in [-0.25, -0.2) is 0 Å². The van der Waals surface area contributed by atoms with Gasteiger partial charge in [0.1, 0.15) is 0 Å². The second kappa shape index (κ2) is 7.00. The van der Waals surface area contributed by atoms with Gasteiger partial charge >= 0.3 is 0 Å². The molecule has 2 aromatic rings. The van der Waals surface area contributed by atoms with Crippen LogP contribution in [0.3, 0.4) is 0 Å². The highest BCUT2D eigenvalue weighted by molar-refractivity contribution is 6.14. The third-order valence-electron chi connectivity index (χ3n) is 4.41. The van der Waals surface area contributed by atoms with Crippen LogP contribution in [0.15, 0.2) is 30.3 Å². The van der Waals surface area contributed by atoms with E-state index in [1.807, 2.05) is 12.1 Å². The standard InChI is InChI=1S/C20H20O6/c1-23-15-6-5-11(9-16(15)24-2)12-7-13-10-17(25-3)20(26-4)19(22)18(13)14(21)8-12/h5-6,8-10,22H,7H2,1-4H3. The molecular formula is C20H20O6. The molecule has 0 bridgehead atoms. The van der Waals surface area contributed by atoms with E-state index in [-0.39, 0.29) is 22.8 Å². The summed E-state index contributed by atoms with van der Waals surface area (Å²) < 4.78 is 21.0. The van der Waals surface area contributed by atoms with Crippen molar-refractivity contribution < 1.29 is 28.8 Å². The van der Waals surface area contributed by atoms with Crippen molar-refractivity contribution >= 4 is 11.4 Å². The van der Waals surface area contributed by atoms with Crippen molar-refractivity contribution in [2.75, 3.05) is 28.4 Å². The number of allylic oxidation sites excluding steroid dienone is 2. The minimum atomic E-state index is -0.283. The van der Waals surface area contributed by atoms with Crippen LogP contribution < -0.4 is 18.9 Å². The van der Waals surface area contributed by atoms with Gasteiger partial charge in [-0.15, -0.1) is 0 Å². The normalized spacial score (nSPS) is 12.9. The number of fused-ring (bicyclic) bond motifs is 1. The molecule has 0 fully saturated rings. The van der Waals surface area contributed by atoms with Gasteiger partial charge in [0.15, 0.2) is 28.8 Å². The lowest BCUT2D eigenvalue weighted by atomic mass is 9.86. The van der Waals surface area contributed by atoms with E-state index in [1.54, 1.807) is 26.4 Å². The number of aromatic hydroxyl groups is 1. The summed E-state index contributed by atoms with van der Waals surface area (Å²) in [6.45, 7) is 0. The maximum atomic E-state index is 12.6. The largest absolute Gasteiger partial charge is 0.504 e. The van der Waals surface area contributed by atoms with Crippen LogP contribution in [0.25, 0.3) is 5.57 Å². The van der Waals surface area contributed by atoms with Crippen molar-refractivity contribution in [3.05, 3.63) is 47.0 Å². The third-order valence-corrected chi connectivity index (χ3v) is 4.41. The molecule has 0 unspecified atom stereocenters. The first-order valence-corrected chi connectivity index (χ1v) is 7.98. The number of rotatable bonds is 5. The van der Waals surface area contributed by atoms with E-state index in [0.29, 0.717) is 29.2 Å². The Kier molecular flexibility index (Phi) is 4.75. The van der Waals surface area contributed by atoms with E-state index in [2.05, 4.69) is 0 Å². The Morgan fingerprint density at radius 1 is 0.885 bits per heavy atom. The van der Waals surface area contributed by atoms with Gasteiger partial charge in [0.2, 0.25) is 5.75 Å². The van der Waals surface area contributed by atoms with Gasteiger partial charge in [0.25, 0.3) is 0 Å². The van der Waals surface area contributed by atoms with Gasteiger partial charge in [0, 0.05) is 0 Å². The van der Waals surface area contributed by atoms with Crippen LogP contribution in [0.2, 0.25) is 0 Å². The lowest BCUT2D eigenvalue weighted by molar-refractivity contribution is 0.104. The zero-order valence-electron chi connectivity index (χ0n) is 15.1. The average Bonchev–Trinajstić information content (AvgIpc) is 2.66. The quantitative estimate of drug-likeness (QED) is 0.886. The number of carbonyl (C=O) groups excluding carboxylic acids is 1. The fourth-order valence-corrected chi connectivity index (χ4v) is 3.15. The summed E-state index contributed by atoms with van der Waals surface area (Å²) in [5.74, 6) is 1.25. The van der Waals surface area contributed by atoms with Crippen LogP contribution in [0.4, 0.5) is 0 Å². The molecule has 0 saturated heterocycles. The molecule has 0 aromatic heterocycles. The van der Waals surface area contributed by atoms with Crippen LogP contribution in [0.5, 0.6) is 28.7 Å². The lowest BCUT2D eigenvalue weighted by Crippen LogP contribution is -2.11. The molecule has 0 amide bonds. The minimum absolute atomic E-state index is 0.155. The van der Waals surface area contributed by atoms with Gasteiger partial charge in [0.05, 0.1) is 34.0 Å². The Morgan fingerprint density at radius 3 is 2.19 bits per heavy atom. The number of hydrogen-bond donors (Lipinski definition) is 1. The second-order valence-electron chi connectivity index (χ2n) is 5.78. The zero-order valence-corrected chi connectivity index (χ0v) is 15.1. The second-order valence-corrected chi connectivity index (χ2v) is 5.78. The van der Waals surface area contributed by atoms with Crippen LogP contribution in [-0.4, -0.2) is 39.3 Å². The highest BCUT2D eigenvalue weighted by Crippen LogP contribution is 2.44. The van der Waals surface area contributed by atoms with Gasteiger partial charge in [-0.05, 0) is 47.4 Å². The summed E-state index contributed by atoms with van der Waals surface area (Å²) in [5.41, 5.74) is 2.58. The molecule has 0 radical (unpaired) electrons. The smallest absolute Gasteiger partial charge is 0.203 e. The minimum Gasteiger partial charge on any atom is -0.504 e. The molecule has 6 nitrogen and oxygen atoms in total. The topological polar surface area (TPSA) is 74.2 Å². The van der Waals surface area contributed by atoms with Crippen LogP contribution in [-0.2, 0) is 6.42 Å². The molecule has 0 heterocycles. The van der Waals surface area contributed by atoms with Gasteiger partial charge in [-0.2, -0.15) is 0 Å². The Hall–Kier alpha value is -3.15. The molecule has 1 aliphatic rings. The first kappa shape index (κ1) is 17.7. The lowest BCUT2D eigenvalue weighted by Gasteiger charge is -2.21. The summed E-state index contributed by atoms with van der Waals surface area (Å²) >= 11 is 0. The number of ketones is 1. The molecule has 1 N–H and O–H groups in total. The van der Waals surface area contributed by atoms with Gasteiger partial charge in [-0.1, -0.05) is 6.07 Å². The van der Waals surface area contributed by atoms with Crippen LogP contribution >= 0.6 is 0 Å². The Balaban J connectivity index is 2.07. The van der Waals surface area contributed by atoms with Gasteiger partial charge in [-0.3, -0.25) is 4.79 Å². The van der Waals surface area contributed by atoms with E-state index in [9.17, 15) is 9.90 Å². The fraction of sp³-hybridized carbons (Fsp3) is 0.250. The molecule has 0 atom stereocenters. The Morgan fingerprint density at radius 2 is 1.58 bits per heavy atom. The average molecular weight is 356 g/mol. The molecule has 3 rings (SSSR count). The number of benzene rings is 2. The molecular weight excluding hydrogens is 336 g/mol. The van der Waals surface area contributed by atoms with Crippen LogP contribution in [0.1, 0.15) is 21.5 Å². The Labute approximate surface area is 151 Å². The summed E-state index contributed by atoms with van der Waals surface area (Å²) in [6, 6.07) is 7.20. The molecule has 0 spiro atoms.